The predicted molar refractivity (Wildman–Crippen MR) is 155 cm³/mol. The number of rotatable bonds is 9. The number of nitrogens with zero attached hydrogens (tertiary/aromatic N) is 3. The van der Waals surface area contributed by atoms with Gasteiger partial charge in [-0.05, 0) is 47.9 Å². The number of benzene rings is 2. The van der Waals surface area contributed by atoms with Crippen molar-refractivity contribution >= 4 is 22.8 Å². The number of carboxylic acids is 1. The van der Waals surface area contributed by atoms with Crippen LogP contribution in [-0.4, -0.2) is 51.0 Å². The number of hydrogen-bond donors (Lipinski definition) is 4. The Balaban J connectivity index is 1.54. The van der Waals surface area contributed by atoms with Crippen LogP contribution in [0.5, 0.6) is 0 Å². The highest BCUT2D eigenvalue weighted by Crippen LogP contribution is 2.25. The second-order valence-electron chi connectivity index (χ2n) is 9.98. The molecule has 10 heteroatoms. The van der Waals surface area contributed by atoms with Gasteiger partial charge in [0.1, 0.15) is 11.9 Å². The Morgan fingerprint density at radius 1 is 1.10 bits per heavy atom. The Hall–Kier alpha value is -4.69. The minimum atomic E-state index is -1.00. The van der Waals surface area contributed by atoms with E-state index in [9.17, 15) is 19.1 Å². The van der Waals surface area contributed by atoms with Crippen LogP contribution in [0.4, 0.5) is 4.39 Å². The van der Waals surface area contributed by atoms with Gasteiger partial charge in [0.2, 0.25) is 0 Å². The van der Waals surface area contributed by atoms with Gasteiger partial charge in [-0.25, -0.2) is 15.2 Å². The SMILES string of the molecule is CC(C)CN(Cc1ccc(C#Cc2ccc(-c3cc(C(=O)NN)c4cnccc4n3)cc2)c(F)c1)C(CN)C(=O)O. The van der Waals surface area contributed by atoms with Crippen molar-refractivity contribution in [1.29, 1.82) is 0 Å². The zero-order valence-electron chi connectivity index (χ0n) is 22.8. The fourth-order valence-corrected chi connectivity index (χ4v) is 4.52. The van der Waals surface area contributed by atoms with Crippen molar-refractivity contribution in [3.8, 4) is 23.1 Å². The van der Waals surface area contributed by atoms with Gasteiger partial charge in [0.15, 0.2) is 0 Å². The van der Waals surface area contributed by atoms with E-state index in [0.29, 0.717) is 39.8 Å². The summed E-state index contributed by atoms with van der Waals surface area (Å²) in [4.78, 5) is 34.4. The molecule has 6 N–H and O–H groups in total. The first-order chi connectivity index (χ1) is 19.7. The summed E-state index contributed by atoms with van der Waals surface area (Å²) in [6.07, 6.45) is 3.16. The fourth-order valence-electron chi connectivity index (χ4n) is 4.52. The van der Waals surface area contributed by atoms with E-state index in [2.05, 4.69) is 27.2 Å². The first kappa shape index (κ1) is 29.3. The molecule has 2 aromatic heterocycles. The first-order valence-electron chi connectivity index (χ1n) is 13.0. The Morgan fingerprint density at radius 2 is 1.85 bits per heavy atom. The van der Waals surface area contributed by atoms with E-state index in [1.165, 1.54) is 6.07 Å². The molecule has 0 saturated heterocycles. The molecule has 0 aliphatic rings. The zero-order chi connectivity index (χ0) is 29.5. The number of carboxylic acid groups (broad SMARTS) is 1. The Labute approximate surface area is 237 Å². The lowest BCUT2D eigenvalue weighted by molar-refractivity contribution is -0.143. The van der Waals surface area contributed by atoms with Gasteiger partial charge < -0.3 is 10.8 Å². The van der Waals surface area contributed by atoms with Crippen molar-refractivity contribution in [2.45, 2.75) is 26.4 Å². The van der Waals surface area contributed by atoms with Gasteiger partial charge in [0.05, 0.1) is 22.3 Å². The van der Waals surface area contributed by atoms with E-state index < -0.39 is 23.7 Å². The van der Waals surface area contributed by atoms with Crippen molar-refractivity contribution in [3.05, 3.63) is 95.1 Å². The Morgan fingerprint density at radius 3 is 2.49 bits per heavy atom. The zero-order valence-corrected chi connectivity index (χ0v) is 22.8. The fraction of sp³-hybridized carbons (Fsp3) is 0.226. The van der Waals surface area contributed by atoms with Gasteiger partial charge in [0, 0.05) is 48.5 Å². The van der Waals surface area contributed by atoms with Crippen LogP contribution >= 0.6 is 0 Å². The van der Waals surface area contributed by atoms with Crippen molar-refractivity contribution in [2.75, 3.05) is 13.1 Å². The summed E-state index contributed by atoms with van der Waals surface area (Å²) in [6, 6.07) is 14.5. The smallest absolute Gasteiger partial charge is 0.322 e. The highest BCUT2D eigenvalue weighted by atomic mass is 19.1. The van der Waals surface area contributed by atoms with Gasteiger partial charge in [-0.15, -0.1) is 0 Å². The second-order valence-corrected chi connectivity index (χ2v) is 9.98. The summed E-state index contributed by atoms with van der Waals surface area (Å²) < 4.78 is 14.9. The number of halogens is 1. The lowest BCUT2D eigenvalue weighted by Crippen LogP contribution is -2.47. The second kappa shape index (κ2) is 13.1. The molecule has 9 nitrogen and oxygen atoms in total. The molecule has 210 valence electrons. The maximum absolute atomic E-state index is 14.9. The maximum atomic E-state index is 14.9. The third kappa shape index (κ3) is 7.10. The topological polar surface area (TPSA) is 147 Å². The molecule has 0 bridgehead atoms. The molecule has 0 spiro atoms. The van der Waals surface area contributed by atoms with Crippen LogP contribution in [0.25, 0.3) is 22.2 Å². The van der Waals surface area contributed by atoms with Gasteiger partial charge in [-0.3, -0.25) is 24.9 Å². The quantitative estimate of drug-likeness (QED) is 0.107. The van der Waals surface area contributed by atoms with E-state index in [4.69, 9.17) is 11.6 Å². The molecule has 41 heavy (non-hydrogen) atoms. The molecule has 2 aromatic carbocycles. The summed E-state index contributed by atoms with van der Waals surface area (Å²) in [5.74, 6) is 9.48. The largest absolute Gasteiger partial charge is 0.480 e. The number of pyridine rings is 2. The lowest BCUT2D eigenvalue weighted by Gasteiger charge is -2.29. The number of aliphatic carboxylic acids is 1. The monoisotopic (exact) mass is 554 g/mol. The van der Waals surface area contributed by atoms with Crippen molar-refractivity contribution in [1.82, 2.24) is 20.3 Å². The average molecular weight is 555 g/mol. The minimum Gasteiger partial charge on any atom is -0.480 e. The number of nitrogens with one attached hydrogen (secondary N) is 1. The molecular formula is C31H31FN6O3. The normalized spacial score (nSPS) is 11.8. The van der Waals surface area contributed by atoms with Gasteiger partial charge in [0.25, 0.3) is 5.91 Å². The van der Waals surface area contributed by atoms with Gasteiger partial charge >= 0.3 is 5.97 Å². The van der Waals surface area contributed by atoms with Crippen LogP contribution in [0.1, 0.15) is 40.9 Å². The van der Waals surface area contributed by atoms with Crippen molar-refractivity contribution in [2.24, 2.45) is 17.5 Å². The van der Waals surface area contributed by atoms with Gasteiger partial charge in [-0.1, -0.05) is 43.9 Å². The highest BCUT2D eigenvalue weighted by Gasteiger charge is 2.25. The maximum Gasteiger partial charge on any atom is 0.322 e. The minimum absolute atomic E-state index is 0.0362. The molecule has 1 amide bonds. The first-order valence-corrected chi connectivity index (χ1v) is 13.0. The number of aromatic nitrogens is 2. The number of fused-ring (bicyclic) bond motifs is 1. The summed E-state index contributed by atoms with van der Waals surface area (Å²) in [6.45, 7) is 4.71. The van der Waals surface area contributed by atoms with E-state index in [-0.39, 0.29) is 24.6 Å². The van der Waals surface area contributed by atoms with Gasteiger partial charge in [-0.2, -0.15) is 0 Å². The number of hydrogen-bond acceptors (Lipinski definition) is 7. The highest BCUT2D eigenvalue weighted by molar-refractivity contribution is 6.06. The molecule has 1 unspecified atom stereocenters. The molecule has 0 radical (unpaired) electrons. The lowest BCUT2D eigenvalue weighted by atomic mass is 10.0. The number of carbonyl (C=O) groups excluding carboxylic acids is 1. The van der Waals surface area contributed by atoms with Crippen molar-refractivity contribution in [3.63, 3.8) is 0 Å². The van der Waals surface area contributed by atoms with Crippen LogP contribution in [0, 0.1) is 23.6 Å². The molecule has 0 aliphatic heterocycles. The molecule has 2 heterocycles. The molecule has 0 fully saturated rings. The standard InChI is InChI=1S/C31H31FN6O3/c1-19(2)17-38(29(15-33)31(40)41)18-21-6-8-22(26(32)13-21)7-3-20-4-9-23(10-5-20)28-14-24(30(39)37-34)25-16-35-12-11-27(25)36-28/h4-6,8-14,16,19,29H,15,17-18,33-34H2,1-2H3,(H,37,39)(H,40,41). The van der Waals surface area contributed by atoms with E-state index >= 15 is 0 Å². The predicted octanol–water partition coefficient (Wildman–Crippen LogP) is 3.31. The van der Waals surface area contributed by atoms with Crippen LogP contribution in [0.2, 0.25) is 0 Å². The molecule has 4 aromatic rings. The number of hydrazine groups is 1. The summed E-state index contributed by atoms with van der Waals surface area (Å²) in [5, 5.41) is 10.1. The third-order valence-electron chi connectivity index (χ3n) is 6.48. The van der Waals surface area contributed by atoms with Crippen LogP contribution in [0.15, 0.2) is 67.0 Å². The molecule has 1 atom stereocenters. The molecule has 0 aliphatic carbocycles. The Kier molecular flexibility index (Phi) is 9.37. The van der Waals surface area contributed by atoms with E-state index in [1.54, 1.807) is 53.7 Å². The van der Waals surface area contributed by atoms with E-state index in [1.807, 2.05) is 26.0 Å². The summed E-state index contributed by atoms with van der Waals surface area (Å²) in [7, 11) is 0. The van der Waals surface area contributed by atoms with Crippen LogP contribution < -0.4 is 17.0 Å². The summed E-state index contributed by atoms with van der Waals surface area (Å²) >= 11 is 0. The number of amides is 1. The Bertz CT molecular complexity index is 1630. The molecular weight excluding hydrogens is 523 g/mol. The molecule has 4 rings (SSSR count). The molecule has 0 saturated carbocycles. The number of nitrogens with two attached hydrogens (primary N) is 2. The third-order valence-corrected chi connectivity index (χ3v) is 6.48. The van der Waals surface area contributed by atoms with Crippen molar-refractivity contribution < 1.29 is 19.1 Å². The number of carbonyl (C=O) groups is 2. The summed E-state index contributed by atoms with van der Waals surface area (Å²) in [5.41, 5.74) is 11.7. The van der Waals surface area contributed by atoms with Crippen LogP contribution in [-0.2, 0) is 11.3 Å². The average Bonchev–Trinajstić information content (AvgIpc) is 2.96. The van der Waals surface area contributed by atoms with Crippen LogP contribution in [0.3, 0.4) is 0 Å². The van der Waals surface area contributed by atoms with E-state index in [0.717, 1.165) is 5.56 Å². The number of nitrogen functional groups attached to an aromatic ring is 1.